The van der Waals surface area contributed by atoms with E-state index in [1.165, 1.54) is 13.0 Å². The lowest BCUT2D eigenvalue weighted by Gasteiger charge is -2.29. The average molecular weight is 526 g/mol. The number of anilines is 1. The van der Waals surface area contributed by atoms with Gasteiger partial charge in [-0.15, -0.1) is 0 Å². The Morgan fingerprint density at radius 1 is 1.19 bits per heavy atom. The van der Waals surface area contributed by atoms with E-state index < -0.39 is 26.8 Å². The van der Waals surface area contributed by atoms with E-state index in [-0.39, 0.29) is 45.6 Å². The summed E-state index contributed by atoms with van der Waals surface area (Å²) in [7, 11) is -4.78. The fourth-order valence-corrected chi connectivity index (χ4v) is 5.93. The molecule has 37 heavy (non-hydrogen) atoms. The van der Waals surface area contributed by atoms with E-state index in [2.05, 4.69) is 22.5 Å². The maximum atomic E-state index is 13.8. The van der Waals surface area contributed by atoms with Crippen LogP contribution in [0.1, 0.15) is 74.9 Å². The Morgan fingerprint density at radius 2 is 1.86 bits per heavy atom. The molecule has 1 heterocycles. The van der Waals surface area contributed by atoms with Gasteiger partial charge in [-0.25, -0.2) is 4.99 Å². The third kappa shape index (κ3) is 5.08. The van der Waals surface area contributed by atoms with E-state index in [0.29, 0.717) is 23.1 Å². The summed E-state index contributed by atoms with van der Waals surface area (Å²) in [5.74, 6) is -1.73. The average Bonchev–Trinajstić information content (AvgIpc) is 2.81. The van der Waals surface area contributed by atoms with Crippen molar-refractivity contribution in [2.45, 2.75) is 70.4 Å². The van der Waals surface area contributed by atoms with Crippen LogP contribution in [0.25, 0.3) is 5.57 Å². The van der Waals surface area contributed by atoms with Gasteiger partial charge in [-0.3, -0.25) is 18.9 Å². The largest absolute Gasteiger partial charge is 0.382 e. The number of rotatable bonds is 9. The minimum atomic E-state index is -4.78. The third-order valence-corrected chi connectivity index (χ3v) is 7.75. The van der Waals surface area contributed by atoms with E-state index in [4.69, 9.17) is 0 Å². The SMILES string of the molecule is CCCCC(CC(C)Nc1cc(S(=O)(=O)O)c2c3c1C(=O)c1ccccc1C=3C(C)C(=O)N=2)NC(C)=O. The van der Waals surface area contributed by atoms with Crippen molar-refractivity contribution < 1.29 is 27.4 Å². The second-order valence-corrected chi connectivity index (χ2v) is 11.2. The maximum absolute atomic E-state index is 13.8. The fraction of sp³-hybridized carbons (Fsp3) is 0.407. The van der Waals surface area contributed by atoms with Crippen LogP contribution < -0.4 is 21.2 Å². The van der Waals surface area contributed by atoms with Crippen molar-refractivity contribution in [3.63, 3.8) is 0 Å². The van der Waals surface area contributed by atoms with Crippen molar-refractivity contribution in [1.82, 2.24) is 5.32 Å². The number of unbranched alkanes of at least 4 members (excludes halogenated alkanes) is 1. The van der Waals surface area contributed by atoms with Crippen LogP contribution in [0.4, 0.5) is 5.69 Å². The van der Waals surface area contributed by atoms with Gasteiger partial charge in [0.15, 0.2) is 5.78 Å². The van der Waals surface area contributed by atoms with Gasteiger partial charge < -0.3 is 10.6 Å². The maximum Gasteiger partial charge on any atom is 0.296 e. The highest BCUT2D eigenvalue weighted by atomic mass is 32.2. The minimum Gasteiger partial charge on any atom is -0.382 e. The van der Waals surface area contributed by atoms with E-state index in [1.807, 2.05) is 6.92 Å². The fourth-order valence-electron chi connectivity index (χ4n) is 5.27. The topological polar surface area (TPSA) is 142 Å². The van der Waals surface area contributed by atoms with Gasteiger partial charge >= 0.3 is 0 Å². The molecule has 2 aliphatic rings. The van der Waals surface area contributed by atoms with Crippen LogP contribution in [0.15, 0.2) is 40.2 Å². The summed E-state index contributed by atoms with van der Waals surface area (Å²) in [5, 5.41) is 6.26. The van der Waals surface area contributed by atoms with Gasteiger partial charge in [-0.05, 0) is 43.9 Å². The lowest BCUT2D eigenvalue weighted by atomic mass is 9.78. The molecule has 9 nitrogen and oxygen atoms in total. The zero-order valence-electron chi connectivity index (χ0n) is 21.3. The summed E-state index contributed by atoms with van der Waals surface area (Å²) in [6, 6.07) is 7.68. The zero-order valence-corrected chi connectivity index (χ0v) is 22.1. The number of ketones is 1. The molecule has 2 aromatic carbocycles. The van der Waals surface area contributed by atoms with Gasteiger partial charge in [-0.1, -0.05) is 44.0 Å². The normalized spacial score (nSPS) is 17.9. The Bertz CT molecular complexity index is 1530. The molecule has 0 radical (unpaired) electrons. The molecule has 3 atom stereocenters. The molecule has 1 aliphatic carbocycles. The van der Waals surface area contributed by atoms with Crippen LogP contribution in [0.3, 0.4) is 0 Å². The molecule has 0 saturated heterocycles. The Kier molecular flexibility index (Phi) is 7.34. The second kappa shape index (κ2) is 10.2. The molecule has 0 spiro atoms. The number of carbonyl (C=O) groups excluding carboxylic acids is 3. The predicted octanol–water partition coefficient (Wildman–Crippen LogP) is 2.36. The number of hydrogen-bond acceptors (Lipinski definition) is 6. The van der Waals surface area contributed by atoms with Gasteiger partial charge in [0, 0.05) is 35.5 Å². The Labute approximate surface area is 215 Å². The van der Waals surface area contributed by atoms with E-state index in [9.17, 15) is 27.4 Å². The lowest BCUT2D eigenvalue weighted by Crippen LogP contribution is -2.46. The third-order valence-electron chi connectivity index (χ3n) is 6.88. The quantitative estimate of drug-likeness (QED) is 0.427. The highest BCUT2D eigenvalue weighted by Crippen LogP contribution is 2.33. The molecule has 4 rings (SSSR count). The molecule has 0 fully saturated rings. The van der Waals surface area contributed by atoms with Gasteiger partial charge in [0.2, 0.25) is 5.91 Å². The molecule has 10 heteroatoms. The van der Waals surface area contributed by atoms with Crippen molar-refractivity contribution >= 4 is 39.0 Å². The van der Waals surface area contributed by atoms with Crippen molar-refractivity contribution in [2.75, 3.05) is 5.32 Å². The molecule has 3 unspecified atom stereocenters. The molecule has 0 saturated carbocycles. The Hall–Kier alpha value is -3.37. The predicted molar refractivity (Wildman–Crippen MR) is 138 cm³/mol. The number of carbonyl (C=O) groups is 3. The first-order chi connectivity index (χ1) is 17.4. The van der Waals surface area contributed by atoms with E-state index in [0.717, 1.165) is 19.3 Å². The molecule has 3 N–H and O–H groups in total. The smallest absolute Gasteiger partial charge is 0.296 e. The number of nitrogens with zero attached hydrogens (tertiary/aromatic N) is 1. The Balaban J connectivity index is 1.93. The summed E-state index contributed by atoms with van der Waals surface area (Å²) in [6.45, 7) is 7.07. The number of nitrogens with one attached hydrogen (secondary N) is 2. The van der Waals surface area contributed by atoms with E-state index >= 15 is 0 Å². The molecular weight excluding hydrogens is 494 g/mol. The highest BCUT2D eigenvalue weighted by Gasteiger charge is 2.36. The standard InChI is InChI=1S/C27H31N3O6S/c1-5-6-9-17(29-16(4)31)12-14(2)28-20-13-21(37(34,35)36)25-24-22(15(3)27(33)30-25)18-10-7-8-11-19(18)26(32)23(20)24/h7-8,10-11,13-15,17,28H,5-6,9,12H2,1-4H3,(H,29,31)(H,34,35,36). The molecular formula is C27H31N3O6S. The van der Waals surface area contributed by atoms with Gasteiger partial charge in [0.05, 0.1) is 16.8 Å². The zero-order chi connectivity index (χ0) is 27.1. The monoisotopic (exact) mass is 525 g/mol. The second-order valence-electron chi connectivity index (χ2n) is 9.78. The molecule has 196 valence electrons. The van der Waals surface area contributed by atoms with Gasteiger partial charge in [0.25, 0.3) is 16.0 Å². The van der Waals surface area contributed by atoms with Crippen LogP contribution in [-0.2, 0) is 19.7 Å². The lowest BCUT2D eigenvalue weighted by molar-refractivity contribution is -0.120. The summed E-state index contributed by atoms with van der Waals surface area (Å²) < 4.78 is 34.9. The first-order valence-electron chi connectivity index (χ1n) is 12.4. The summed E-state index contributed by atoms with van der Waals surface area (Å²) >= 11 is 0. The summed E-state index contributed by atoms with van der Waals surface area (Å²) in [6.07, 6.45) is 3.20. The molecule has 0 aromatic heterocycles. The number of benzene rings is 2. The number of fused-ring (bicyclic) bond motifs is 2. The molecule has 0 bridgehead atoms. The highest BCUT2D eigenvalue weighted by molar-refractivity contribution is 7.85. The van der Waals surface area contributed by atoms with Gasteiger partial charge in [-0.2, -0.15) is 8.42 Å². The summed E-state index contributed by atoms with van der Waals surface area (Å²) in [4.78, 5) is 41.7. The first-order valence-corrected chi connectivity index (χ1v) is 13.9. The Morgan fingerprint density at radius 3 is 2.49 bits per heavy atom. The van der Waals surface area contributed by atoms with Crippen LogP contribution in [0, 0.1) is 5.92 Å². The summed E-state index contributed by atoms with van der Waals surface area (Å²) in [5.41, 5.74) is 1.92. The molecule has 1 aliphatic heterocycles. The van der Waals surface area contributed by atoms with Gasteiger partial charge in [0.1, 0.15) is 4.90 Å². The first kappa shape index (κ1) is 26.7. The van der Waals surface area contributed by atoms with Crippen molar-refractivity contribution in [2.24, 2.45) is 10.9 Å². The van der Waals surface area contributed by atoms with Crippen LogP contribution in [0.5, 0.6) is 0 Å². The molecule has 2 amide bonds. The number of hydrogen-bond donors (Lipinski definition) is 3. The molecule has 2 aromatic rings. The van der Waals surface area contributed by atoms with Crippen LogP contribution >= 0.6 is 0 Å². The minimum absolute atomic E-state index is 0.110. The van der Waals surface area contributed by atoms with E-state index in [1.54, 1.807) is 31.2 Å². The van der Waals surface area contributed by atoms with Crippen LogP contribution in [-0.4, -0.2) is 42.7 Å². The van der Waals surface area contributed by atoms with Crippen molar-refractivity contribution in [1.29, 1.82) is 0 Å². The van der Waals surface area contributed by atoms with Crippen molar-refractivity contribution in [3.05, 3.63) is 57.6 Å². The number of amides is 2. The van der Waals surface area contributed by atoms with Crippen LogP contribution in [0.2, 0.25) is 0 Å². The van der Waals surface area contributed by atoms with Crippen molar-refractivity contribution in [3.8, 4) is 0 Å².